The van der Waals surface area contributed by atoms with Crippen LogP contribution in [0.2, 0.25) is 0 Å². The van der Waals surface area contributed by atoms with Gasteiger partial charge in [0.25, 0.3) is 11.8 Å². The predicted octanol–water partition coefficient (Wildman–Crippen LogP) is 4.42. The normalized spacial score (nSPS) is 13.4. The van der Waals surface area contributed by atoms with E-state index < -0.39 is 11.8 Å². The molecule has 0 saturated carbocycles. The number of carbonyl (C=O) groups excluding carboxylic acids is 2. The van der Waals surface area contributed by atoms with Gasteiger partial charge in [-0.2, -0.15) is 0 Å². The number of nitrogens with one attached hydrogen (secondary N) is 1. The van der Waals surface area contributed by atoms with Crippen molar-refractivity contribution in [2.45, 2.75) is 6.92 Å². The fraction of sp³-hybridized carbons (Fsp3) is 0.154. The van der Waals surface area contributed by atoms with Crippen molar-refractivity contribution < 1.29 is 23.8 Å². The molecule has 1 aliphatic rings. The van der Waals surface area contributed by atoms with Crippen molar-refractivity contribution in [3.63, 3.8) is 0 Å². The zero-order valence-electron chi connectivity index (χ0n) is 18.8. The Kier molecular flexibility index (Phi) is 6.04. The first-order valence-electron chi connectivity index (χ1n) is 10.3. The van der Waals surface area contributed by atoms with Crippen LogP contribution in [0.15, 0.2) is 72.4 Å². The van der Waals surface area contributed by atoms with Crippen LogP contribution in [-0.2, 0) is 9.59 Å². The Hall–Kier alpha value is -4.26. The topological polar surface area (TPSA) is 77.1 Å². The molecule has 0 spiro atoms. The summed E-state index contributed by atoms with van der Waals surface area (Å²) in [4.78, 5) is 28.3. The Morgan fingerprint density at radius 2 is 1.36 bits per heavy atom. The summed E-state index contributed by atoms with van der Waals surface area (Å²) in [6.07, 6.45) is 0. The van der Waals surface area contributed by atoms with Crippen molar-refractivity contribution in [2.24, 2.45) is 0 Å². The molecule has 0 atom stereocenters. The van der Waals surface area contributed by atoms with Gasteiger partial charge in [-0.05, 0) is 42.3 Å². The minimum absolute atomic E-state index is 0.168. The van der Waals surface area contributed by atoms with Gasteiger partial charge in [-0.3, -0.25) is 9.59 Å². The lowest BCUT2D eigenvalue weighted by atomic mass is 10.0. The number of hydrogen-bond acceptors (Lipinski definition) is 6. The second-order valence-electron chi connectivity index (χ2n) is 7.49. The molecule has 3 aromatic rings. The molecule has 0 radical (unpaired) electrons. The molecule has 0 unspecified atom stereocenters. The van der Waals surface area contributed by atoms with Crippen LogP contribution in [0.5, 0.6) is 17.2 Å². The number of methoxy groups -OCH3 is 3. The SMILES string of the molecule is COc1ccc(C2=C(Nc3cc(OC)cc(OC)c3)C(=O)N(c3cccc(C)c3)C2=O)cc1. The van der Waals surface area contributed by atoms with Gasteiger partial charge in [-0.15, -0.1) is 0 Å². The molecule has 0 saturated heterocycles. The Bertz CT molecular complexity index is 1230. The number of nitrogens with zero attached hydrogens (tertiary/aromatic N) is 1. The number of anilines is 2. The maximum absolute atomic E-state index is 13.6. The fourth-order valence-electron chi connectivity index (χ4n) is 3.70. The van der Waals surface area contributed by atoms with Gasteiger partial charge >= 0.3 is 0 Å². The van der Waals surface area contributed by atoms with E-state index in [2.05, 4.69) is 5.32 Å². The van der Waals surface area contributed by atoms with Gasteiger partial charge in [-0.1, -0.05) is 24.3 Å². The fourth-order valence-corrected chi connectivity index (χ4v) is 3.70. The minimum Gasteiger partial charge on any atom is -0.497 e. The highest BCUT2D eigenvalue weighted by molar-refractivity contribution is 6.46. The highest BCUT2D eigenvalue weighted by atomic mass is 16.5. The largest absolute Gasteiger partial charge is 0.497 e. The molecule has 1 aliphatic heterocycles. The van der Waals surface area contributed by atoms with E-state index in [1.165, 1.54) is 4.90 Å². The van der Waals surface area contributed by atoms with Crippen LogP contribution in [-0.4, -0.2) is 33.1 Å². The number of aryl methyl sites for hydroxylation is 1. The van der Waals surface area contributed by atoms with E-state index in [0.29, 0.717) is 34.2 Å². The van der Waals surface area contributed by atoms with Gasteiger partial charge in [0.05, 0.1) is 32.6 Å². The van der Waals surface area contributed by atoms with Crippen LogP contribution in [0.3, 0.4) is 0 Å². The summed E-state index contributed by atoms with van der Waals surface area (Å²) in [5.74, 6) is 0.900. The number of hydrogen-bond donors (Lipinski definition) is 1. The summed E-state index contributed by atoms with van der Waals surface area (Å²) >= 11 is 0. The van der Waals surface area contributed by atoms with E-state index in [1.807, 2.05) is 19.1 Å². The van der Waals surface area contributed by atoms with Gasteiger partial charge in [0.2, 0.25) is 0 Å². The summed E-state index contributed by atoms with van der Waals surface area (Å²) < 4.78 is 15.9. The summed E-state index contributed by atoms with van der Waals surface area (Å²) in [5.41, 5.74) is 3.04. The molecule has 168 valence electrons. The second kappa shape index (κ2) is 9.08. The number of ether oxygens (including phenoxy) is 3. The lowest BCUT2D eigenvalue weighted by Gasteiger charge is -2.16. The summed E-state index contributed by atoms with van der Waals surface area (Å²) in [7, 11) is 4.66. The van der Waals surface area contributed by atoms with Crippen LogP contribution in [0.1, 0.15) is 11.1 Å². The van der Waals surface area contributed by atoms with E-state index >= 15 is 0 Å². The molecule has 0 aromatic heterocycles. The number of rotatable bonds is 7. The van der Waals surface area contributed by atoms with Crippen LogP contribution in [0.4, 0.5) is 11.4 Å². The predicted molar refractivity (Wildman–Crippen MR) is 127 cm³/mol. The van der Waals surface area contributed by atoms with Gasteiger partial charge in [0.1, 0.15) is 22.9 Å². The number of benzene rings is 3. The Morgan fingerprint density at radius 3 is 1.94 bits per heavy atom. The van der Waals surface area contributed by atoms with Crippen molar-refractivity contribution in [2.75, 3.05) is 31.5 Å². The molecule has 3 aromatic carbocycles. The second-order valence-corrected chi connectivity index (χ2v) is 7.49. The maximum atomic E-state index is 13.6. The monoisotopic (exact) mass is 444 g/mol. The number of amides is 2. The maximum Gasteiger partial charge on any atom is 0.282 e. The van der Waals surface area contributed by atoms with Gasteiger partial charge < -0.3 is 19.5 Å². The highest BCUT2D eigenvalue weighted by Gasteiger charge is 2.40. The molecule has 4 rings (SSSR count). The first-order chi connectivity index (χ1) is 15.9. The molecule has 7 nitrogen and oxygen atoms in total. The Labute approximate surface area is 192 Å². The molecule has 0 aliphatic carbocycles. The Balaban J connectivity index is 1.83. The number of carbonyl (C=O) groups is 2. The molecule has 1 N–H and O–H groups in total. The average Bonchev–Trinajstić information content (AvgIpc) is 3.07. The van der Waals surface area contributed by atoms with Gasteiger partial charge in [-0.25, -0.2) is 4.90 Å². The van der Waals surface area contributed by atoms with E-state index in [0.717, 1.165) is 5.56 Å². The number of imide groups is 1. The van der Waals surface area contributed by atoms with Crippen molar-refractivity contribution in [3.8, 4) is 17.2 Å². The van der Waals surface area contributed by atoms with Crippen LogP contribution in [0, 0.1) is 6.92 Å². The molecule has 0 bridgehead atoms. The molecular weight excluding hydrogens is 420 g/mol. The zero-order valence-corrected chi connectivity index (χ0v) is 18.8. The molecule has 1 heterocycles. The summed E-state index contributed by atoms with van der Waals surface area (Å²) in [6, 6.07) is 19.5. The third-order valence-corrected chi connectivity index (χ3v) is 5.34. The third kappa shape index (κ3) is 4.25. The summed E-state index contributed by atoms with van der Waals surface area (Å²) in [5, 5.41) is 3.14. The molecule has 7 heteroatoms. The lowest BCUT2D eigenvalue weighted by molar-refractivity contribution is -0.120. The minimum atomic E-state index is -0.446. The molecule has 2 amide bonds. The van der Waals surface area contributed by atoms with Crippen molar-refractivity contribution in [3.05, 3.63) is 83.6 Å². The van der Waals surface area contributed by atoms with Crippen molar-refractivity contribution in [1.29, 1.82) is 0 Å². The summed E-state index contributed by atoms with van der Waals surface area (Å²) in [6.45, 7) is 1.91. The van der Waals surface area contributed by atoms with E-state index in [-0.39, 0.29) is 11.3 Å². The van der Waals surface area contributed by atoms with Crippen molar-refractivity contribution >= 4 is 28.8 Å². The smallest absolute Gasteiger partial charge is 0.282 e. The first kappa shape index (κ1) is 22.0. The van der Waals surface area contributed by atoms with E-state index in [1.54, 1.807) is 75.9 Å². The zero-order chi connectivity index (χ0) is 23.5. The lowest BCUT2D eigenvalue weighted by Crippen LogP contribution is -2.32. The van der Waals surface area contributed by atoms with Gasteiger partial charge in [0, 0.05) is 23.9 Å². The van der Waals surface area contributed by atoms with E-state index in [4.69, 9.17) is 14.2 Å². The molecular formula is C26H24N2O5. The van der Waals surface area contributed by atoms with Crippen LogP contribution >= 0.6 is 0 Å². The first-order valence-corrected chi connectivity index (χ1v) is 10.3. The van der Waals surface area contributed by atoms with Crippen LogP contribution in [0.25, 0.3) is 5.57 Å². The standard InChI is InChI=1S/C26H24N2O5/c1-16-6-5-7-19(12-16)28-25(29)23(17-8-10-20(31-2)11-9-17)24(26(28)30)27-18-13-21(32-3)15-22(14-18)33-4/h5-15,27H,1-4H3. The van der Waals surface area contributed by atoms with E-state index in [9.17, 15) is 9.59 Å². The Morgan fingerprint density at radius 1 is 0.727 bits per heavy atom. The van der Waals surface area contributed by atoms with Crippen molar-refractivity contribution in [1.82, 2.24) is 0 Å². The average molecular weight is 444 g/mol. The molecule has 33 heavy (non-hydrogen) atoms. The van der Waals surface area contributed by atoms with Gasteiger partial charge in [0.15, 0.2) is 0 Å². The molecule has 0 fully saturated rings. The highest BCUT2D eigenvalue weighted by Crippen LogP contribution is 2.36. The van der Waals surface area contributed by atoms with Crippen LogP contribution < -0.4 is 24.4 Å². The quantitative estimate of drug-likeness (QED) is 0.544. The third-order valence-electron chi connectivity index (χ3n) is 5.34.